The molecule has 1 fully saturated rings. The van der Waals surface area contributed by atoms with Crippen molar-refractivity contribution in [3.63, 3.8) is 0 Å². The molecule has 2 aliphatic heterocycles. The van der Waals surface area contributed by atoms with E-state index in [1.807, 2.05) is 29.0 Å². The second kappa shape index (κ2) is 10.2. The van der Waals surface area contributed by atoms with Gasteiger partial charge in [0, 0.05) is 64.1 Å². The van der Waals surface area contributed by atoms with Crippen molar-refractivity contribution in [1.29, 1.82) is 0 Å². The molecule has 6 nitrogen and oxygen atoms in total. The molecule has 35 heavy (non-hydrogen) atoms. The highest BCUT2D eigenvalue weighted by Gasteiger charge is 2.24. The molecule has 0 saturated carbocycles. The number of rotatable bonds is 6. The molecule has 3 aromatic rings. The lowest BCUT2D eigenvalue weighted by Gasteiger charge is -2.30. The van der Waals surface area contributed by atoms with E-state index in [-0.39, 0.29) is 5.91 Å². The molecule has 1 aromatic heterocycles. The van der Waals surface area contributed by atoms with Crippen molar-refractivity contribution >= 4 is 22.4 Å². The molecule has 1 amide bonds. The van der Waals surface area contributed by atoms with Crippen molar-refractivity contribution in [2.24, 2.45) is 18.0 Å². The molecule has 0 radical (unpaired) electrons. The third kappa shape index (κ3) is 5.08. The smallest absolute Gasteiger partial charge is 0.219 e. The van der Waals surface area contributed by atoms with Crippen LogP contribution in [-0.2, 0) is 16.6 Å². The molecule has 0 bridgehead atoms. The molecule has 2 aliphatic rings. The van der Waals surface area contributed by atoms with Crippen molar-refractivity contribution in [2.45, 2.75) is 33.1 Å². The van der Waals surface area contributed by atoms with E-state index in [9.17, 15) is 4.79 Å². The highest BCUT2D eigenvalue weighted by atomic mass is 16.5. The van der Waals surface area contributed by atoms with Gasteiger partial charge in [0.05, 0.1) is 11.9 Å². The van der Waals surface area contributed by atoms with Crippen LogP contribution in [0.5, 0.6) is 0 Å². The Balaban J connectivity index is 1.55. The molecule has 1 atom stereocenters. The molecule has 5 rings (SSSR count). The number of carbonyl (C=O) groups excluding carboxylic acids is 1. The molecule has 1 unspecified atom stereocenters. The number of carbonyl (C=O) groups is 1. The highest BCUT2D eigenvalue weighted by molar-refractivity contribution is 6.20. The van der Waals surface area contributed by atoms with Gasteiger partial charge in [-0.2, -0.15) is 5.10 Å². The van der Waals surface area contributed by atoms with Crippen molar-refractivity contribution in [3.8, 4) is 11.1 Å². The third-order valence-electron chi connectivity index (χ3n) is 7.36. The van der Waals surface area contributed by atoms with Crippen molar-refractivity contribution < 1.29 is 9.53 Å². The van der Waals surface area contributed by atoms with Crippen LogP contribution >= 0.6 is 0 Å². The topological polar surface area (TPSA) is 59.7 Å². The first-order chi connectivity index (χ1) is 17.0. The standard InChI is InChI=1S/C29H34N4O2/c1-20-10-13-33(21(2)34)18-28(20)29(30-12-9-22-11-14-35-19-22)27-6-4-5-24-15-23(7-8-26(24)27)25-16-31-32(3)17-25/h4-8,15-17,22H,9-14,18-19H2,1-3H3. The SMILES string of the molecule is CC(=O)N1CCC(C)=C(C(=NCCC2CCOC2)c2cccc3cc(-c4cnn(C)c4)ccc23)C1. The van der Waals surface area contributed by atoms with Gasteiger partial charge < -0.3 is 9.64 Å². The Hall–Kier alpha value is -3.25. The maximum absolute atomic E-state index is 12.2. The van der Waals surface area contributed by atoms with E-state index in [0.717, 1.165) is 68.0 Å². The van der Waals surface area contributed by atoms with Crippen molar-refractivity contribution in [3.05, 3.63) is 65.5 Å². The fraction of sp³-hybridized carbons (Fsp3) is 0.414. The zero-order valence-corrected chi connectivity index (χ0v) is 21.0. The Bertz CT molecular complexity index is 1300. The maximum atomic E-state index is 12.2. The average molecular weight is 471 g/mol. The molecule has 0 aliphatic carbocycles. The second-order valence-electron chi connectivity index (χ2n) is 9.84. The molecular formula is C29H34N4O2. The quantitative estimate of drug-likeness (QED) is 0.475. The van der Waals surface area contributed by atoms with Gasteiger partial charge in [0.15, 0.2) is 0 Å². The van der Waals surface area contributed by atoms with Gasteiger partial charge in [-0.3, -0.25) is 14.5 Å². The van der Waals surface area contributed by atoms with Gasteiger partial charge in [0.25, 0.3) is 0 Å². The molecule has 0 N–H and O–H groups in total. The molecular weight excluding hydrogens is 436 g/mol. The largest absolute Gasteiger partial charge is 0.381 e. The first kappa shape index (κ1) is 23.5. The summed E-state index contributed by atoms with van der Waals surface area (Å²) in [7, 11) is 1.94. The first-order valence-corrected chi connectivity index (χ1v) is 12.6. The monoisotopic (exact) mass is 470 g/mol. The molecule has 6 heteroatoms. The van der Waals surface area contributed by atoms with E-state index in [0.29, 0.717) is 12.5 Å². The first-order valence-electron chi connectivity index (χ1n) is 12.6. The number of fused-ring (bicyclic) bond motifs is 1. The Labute approximate surface area is 207 Å². The number of amides is 1. The van der Waals surface area contributed by atoms with E-state index >= 15 is 0 Å². The summed E-state index contributed by atoms with van der Waals surface area (Å²) in [6.45, 7) is 7.73. The van der Waals surface area contributed by atoms with Crippen LogP contribution in [0.4, 0.5) is 0 Å². The van der Waals surface area contributed by atoms with E-state index < -0.39 is 0 Å². The van der Waals surface area contributed by atoms with Crippen LogP contribution in [0.15, 0.2) is 64.9 Å². The number of aromatic nitrogens is 2. The van der Waals surface area contributed by atoms with Crippen LogP contribution < -0.4 is 0 Å². The van der Waals surface area contributed by atoms with Gasteiger partial charge >= 0.3 is 0 Å². The fourth-order valence-electron chi connectivity index (χ4n) is 5.16. The van der Waals surface area contributed by atoms with Crippen LogP contribution in [0, 0.1) is 5.92 Å². The van der Waals surface area contributed by atoms with Crippen LogP contribution in [0.1, 0.15) is 38.7 Å². The van der Waals surface area contributed by atoms with Gasteiger partial charge in [0.1, 0.15) is 0 Å². The van der Waals surface area contributed by atoms with Crippen LogP contribution in [0.25, 0.3) is 21.9 Å². The Morgan fingerprint density at radius 2 is 2.11 bits per heavy atom. The number of hydrogen-bond donors (Lipinski definition) is 0. The highest BCUT2D eigenvalue weighted by Crippen LogP contribution is 2.30. The molecule has 3 heterocycles. The Morgan fingerprint density at radius 3 is 2.86 bits per heavy atom. The molecule has 182 valence electrons. The lowest BCUT2D eigenvalue weighted by molar-refractivity contribution is -0.128. The number of benzene rings is 2. The number of aryl methyl sites for hydroxylation is 1. The van der Waals surface area contributed by atoms with Gasteiger partial charge in [-0.05, 0) is 60.1 Å². The lowest BCUT2D eigenvalue weighted by atomic mass is 9.90. The summed E-state index contributed by atoms with van der Waals surface area (Å²) in [5.41, 5.74) is 6.95. The second-order valence-corrected chi connectivity index (χ2v) is 9.84. The predicted octanol–water partition coefficient (Wildman–Crippen LogP) is 5.02. The van der Waals surface area contributed by atoms with Gasteiger partial charge in [-0.15, -0.1) is 0 Å². The Morgan fingerprint density at radius 1 is 1.23 bits per heavy atom. The van der Waals surface area contributed by atoms with Crippen molar-refractivity contribution in [2.75, 3.05) is 32.8 Å². The summed E-state index contributed by atoms with van der Waals surface area (Å²) >= 11 is 0. The minimum Gasteiger partial charge on any atom is -0.381 e. The summed E-state index contributed by atoms with van der Waals surface area (Å²) in [6.07, 6.45) is 6.98. The predicted molar refractivity (Wildman–Crippen MR) is 141 cm³/mol. The van der Waals surface area contributed by atoms with E-state index in [4.69, 9.17) is 9.73 Å². The number of ether oxygens (including phenoxy) is 1. The van der Waals surface area contributed by atoms with Crippen molar-refractivity contribution in [1.82, 2.24) is 14.7 Å². The minimum atomic E-state index is 0.122. The molecule has 0 spiro atoms. The summed E-state index contributed by atoms with van der Waals surface area (Å²) in [4.78, 5) is 19.4. The summed E-state index contributed by atoms with van der Waals surface area (Å²) in [5.74, 6) is 0.709. The number of hydrogen-bond acceptors (Lipinski definition) is 4. The zero-order chi connectivity index (χ0) is 24.4. The third-order valence-corrected chi connectivity index (χ3v) is 7.36. The summed E-state index contributed by atoms with van der Waals surface area (Å²) in [6, 6.07) is 13.1. The number of aliphatic imine (C=N–C) groups is 1. The normalized spacial score (nSPS) is 19.1. The average Bonchev–Trinajstić information content (AvgIpc) is 3.53. The van der Waals surface area contributed by atoms with Crippen LogP contribution in [-0.4, -0.2) is 59.1 Å². The van der Waals surface area contributed by atoms with Gasteiger partial charge in [-0.1, -0.05) is 35.9 Å². The van der Waals surface area contributed by atoms with Gasteiger partial charge in [0.2, 0.25) is 5.91 Å². The number of nitrogens with zero attached hydrogens (tertiary/aromatic N) is 4. The lowest BCUT2D eigenvalue weighted by Crippen LogP contribution is -2.37. The van der Waals surface area contributed by atoms with E-state index in [2.05, 4.69) is 48.4 Å². The van der Waals surface area contributed by atoms with E-state index in [1.165, 1.54) is 21.9 Å². The zero-order valence-electron chi connectivity index (χ0n) is 21.0. The minimum absolute atomic E-state index is 0.122. The van der Waals surface area contributed by atoms with E-state index in [1.54, 1.807) is 6.92 Å². The van der Waals surface area contributed by atoms with Crippen LogP contribution in [0.3, 0.4) is 0 Å². The Kier molecular flexibility index (Phi) is 6.82. The summed E-state index contributed by atoms with van der Waals surface area (Å²) < 4.78 is 7.40. The maximum Gasteiger partial charge on any atom is 0.219 e. The molecule has 2 aromatic carbocycles. The summed E-state index contributed by atoms with van der Waals surface area (Å²) in [5, 5.41) is 6.69. The van der Waals surface area contributed by atoms with Gasteiger partial charge in [-0.25, -0.2) is 0 Å². The fourth-order valence-corrected chi connectivity index (χ4v) is 5.16. The van der Waals surface area contributed by atoms with Crippen LogP contribution in [0.2, 0.25) is 0 Å². The molecule has 1 saturated heterocycles.